The molecule has 1 aromatic carbocycles. The van der Waals surface area contributed by atoms with Gasteiger partial charge in [0.25, 0.3) is 5.91 Å². The molecule has 0 bridgehead atoms. The lowest BCUT2D eigenvalue weighted by Crippen LogP contribution is -2.50. The summed E-state index contributed by atoms with van der Waals surface area (Å²) in [4.78, 5) is 48.7. The Morgan fingerprint density at radius 3 is 2.37 bits per heavy atom. The van der Waals surface area contributed by atoms with Crippen molar-refractivity contribution in [2.75, 3.05) is 39.4 Å². The smallest absolute Gasteiger partial charge is 0.274 e. The third-order valence-electron chi connectivity index (χ3n) is 5.13. The van der Waals surface area contributed by atoms with Gasteiger partial charge in [0, 0.05) is 57.0 Å². The maximum atomic E-state index is 12.5. The highest BCUT2D eigenvalue weighted by atomic mass is 16.6. The predicted octanol–water partition coefficient (Wildman–Crippen LogP) is 1.20. The first-order valence-corrected chi connectivity index (χ1v) is 9.88. The molecular formula is C21H22N4O5. The Morgan fingerprint density at radius 2 is 1.63 bits per heavy atom. The van der Waals surface area contributed by atoms with Crippen molar-refractivity contribution >= 4 is 17.6 Å². The van der Waals surface area contributed by atoms with Gasteiger partial charge in [-0.3, -0.25) is 19.4 Å². The van der Waals surface area contributed by atoms with Crippen molar-refractivity contribution in [3.05, 3.63) is 48.0 Å². The van der Waals surface area contributed by atoms with Gasteiger partial charge in [-0.2, -0.15) is 0 Å². The van der Waals surface area contributed by atoms with Crippen LogP contribution in [0.15, 0.2) is 36.8 Å². The zero-order chi connectivity index (χ0) is 20.9. The number of Topliss-reactive ketones (excluding diaryl/α,β-unsaturated/α-hetero) is 1. The van der Waals surface area contributed by atoms with Gasteiger partial charge in [-0.25, -0.2) is 4.98 Å². The number of ketones is 1. The number of aromatic nitrogens is 2. The zero-order valence-corrected chi connectivity index (χ0v) is 16.5. The van der Waals surface area contributed by atoms with Crippen LogP contribution in [0.4, 0.5) is 0 Å². The second-order valence-corrected chi connectivity index (χ2v) is 7.05. The molecule has 0 radical (unpaired) electrons. The summed E-state index contributed by atoms with van der Waals surface area (Å²) in [5, 5.41) is 0. The largest absolute Gasteiger partial charge is 0.486 e. The van der Waals surface area contributed by atoms with Crippen LogP contribution in [-0.2, 0) is 4.79 Å². The predicted molar refractivity (Wildman–Crippen MR) is 106 cm³/mol. The summed E-state index contributed by atoms with van der Waals surface area (Å²) in [5.41, 5.74) is 0.800. The summed E-state index contributed by atoms with van der Waals surface area (Å²) in [5.74, 6) is 0.790. The van der Waals surface area contributed by atoms with Crippen molar-refractivity contribution in [3.8, 4) is 11.5 Å². The van der Waals surface area contributed by atoms with Crippen LogP contribution in [0, 0.1) is 0 Å². The highest BCUT2D eigenvalue weighted by molar-refractivity contribution is 5.98. The second kappa shape index (κ2) is 8.89. The lowest BCUT2D eigenvalue weighted by atomic mass is 10.1. The molecule has 0 atom stereocenters. The van der Waals surface area contributed by atoms with Gasteiger partial charge in [0.1, 0.15) is 18.9 Å². The normalized spacial score (nSPS) is 15.6. The summed E-state index contributed by atoms with van der Waals surface area (Å²) >= 11 is 0. The average Bonchev–Trinajstić information content (AvgIpc) is 2.82. The first-order valence-electron chi connectivity index (χ1n) is 9.88. The Hall–Kier alpha value is -3.49. The number of hydrogen-bond donors (Lipinski definition) is 0. The van der Waals surface area contributed by atoms with E-state index in [0.29, 0.717) is 62.1 Å². The maximum Gasteiger partial charge on any atom is 0.274 e. The van der Waals surface area contributed by atoms with Gasteiger partial charge >= 0.3 is 0 Å². The molecule has 2 aliphatic heterocycles. The van der Waals surface area contributed by atoms with Crippen LogP contribution in [0.25, 0.3) is 0 Å². The second-order valence-electron chi connectivity index (χ2n) is 7.05. The Labute approximate surface area is 173 Å². The Kier molecular flexibility index (Phi) is 5.87. The fourth-order valence-electron chi connectivity index (χ4n) is 3.47. The molecule has 4 rings (SSSR count). The van der Waals surface area contributed by atoms with E-state index < -0.39 is 0 Å². The highest BCUT2D eigenvalue weighted by Crippen LogP contribution is 2.31. The zero-order valence-electron chi connectivity index (χ0n) is 16.5. The van der Waals surface area contributed by atoms with Crippen molar-refractivity contribution in [1.82, 2.24) is 19.8 Å². The number of nitrogens with zero attached hydrogens (tertiary/aromatic N) is 4. The van der Waals surface area contributed by atoms with Crippen LogP contribution in [0.3, 0.4) is 0 Å². The van der Waals surface area contributed by atoms with E-state index in [1.807, 2.05) is 0 Å². The molecule has 1 aromatic heterocycles. The highest BCUT2D eigenvalue weighted by Gasteiger charge is 2.26. The van der Waals surface area contributed by atoms with Crippen LogP contribution >= 0.6 is 0 Å². The van der Waals surface area contributed by atoms with Crippen molar-refractivity contribution in [2.24, 2.45) is 0 Å². The number of hydrogen-bond acceptors (Lipinski definition) is 7. The first kappa shape index (κ1) is 19.8. The molecule has 2 aliphatic rings. The SMILES string of the molecule is O=C(CCC(=O)N1CCN(C(=O)c2cnccn2)CC1)c1ccc2c(c1)OCCO2. The van der Waals surface area contributed by atoms with Gasteiger partial charge in [0.2, 0.25) is 5.91 Å². The fourth-order valence-corrected chi connectivity index (χ4v) is 3.47. The van der Waals surface area contributed by atoms with Gasteiger partial charge in [-0.05, 0) is 18.2 Å². The monoisotopic (exact) mass is 410 g/mol. The van der Waals surface area contributed by atoms with E-state index in [1.165, 1.54) is 18.6 Å². The fraction of sp³-hybridized carbons (Fsp3) is 0.381. The van der Waals surface area contributed by atoms with E-state index in [0.717, 1.165) is 0 Å². The number of carbonyl (C=O) groups is 3. The van der Waals surface area contributed by atoms with Crippen LogP contribution in [0.2, 0.25) is 0 Å². The summed E-state index contributed by atoms with van der Waals surface area (Å²) in [7, 11) is 0. The maximum absolute atomic E-state index is 12.5. The van der Waals surface area contributed by atoms with Crippen molar-refractivity contribution in [1.29, 1.82) is 0 Å². The molecule has 0 aliphatic carbocycles. The summed E-state index contributed by atoms with van der Waals surface area (Å²) in [6.07, 6.45) is 4.68. The molecule has 0 unspecified atom stereocenters. The van der Waals surface area contributed by atoms with Gasteiger partial charge in [0.05, 0.1) is 6.20 Å². The van der Waals surface area contributed by atoms with E-state index in [-0.39, 0.29) is 30.4 Å². The van der Waals surface area contributed by atoms with E-state index in [9.17, 15) is 14.4 Å². The molecule has 3 heterocycles. The number of rotatable bonds is 5. The molecule has 2 amide bonds. The molecule has 1 fully saturated rings. The molecule has 0 N–H and O–H groups in total. The summed E-state index contributed by atoms with van der Waals surface area (Å²) in [6.45, 7) is 2.67. The Bertz CT molecular complexity index is 942. The van der Waals surface area contributed by atoms with E-state index >= 15 is 0 Å². The molecule has 30 heavy (non-hydrogen) atoms. The molecule has 0 spiro atoms. The number of fused-ring (bicyclic) bond motifs is 1. The third-order valence-corrected chi connectivity index (χ3v) is 5.13. The minimum Gasteiger partial charge on any atom is -0.486 e. The van der Waals surface area contributed by atoms with Crippen molar-refractivity contribution in [2.45, 2.75) is 12.8 Å². The van der Waals surface area contributed by atoms with Crippen molar-refractivity contribution < 1.29 is 23.9 Å². The van der Waals surface area contributed by atoms with Gasteiger partial charge in [0.15, 0.2) is 17.3 Å². The standard InChI is InChI=1S/C21H22N4O5/c26-17(15-1-3-18-19(13-15)30-12-11-29-18)2-4-20(27)24-7-9-25(10-8-24)21(28)16-14-22-5-6-23-16/h1,3,5-6,13-14H,2,4,7-12H2. The number of amides is 2. The quantitative estimate of drug-likeness (QED) is 0.683. The van der Waals surface area contributed by atoms with Gasteiger partial charge < -0.3 is 19.3 Å². The molecule has 1 saturated heterocycles. The van der Waals surface area contributed by atoms with Gasteiger partial charge in [-0.15, -0.1) is 0 Å². The van der Waals surface area contributed by atoms with E-state index in [2.05, 4.69) is 9.97 Å². The molecular weight excluding hydrogens is 388 g/mol. The third kappa shape index (κ3) is 4.40. The minimum atomic E-state index is -0.191. The van der Waals surface area contributed by atoms with E-state index in [1.54, 1.807) is 28.0 Å². The summed E-state index contributed by atoms with van der Waals surface area (Å²) in [6, 6.07) is 5.08. The van der Waals surface area contributed by atoms with Crippen LogP contribution in [0.5, 0.6) is 11.5 Å². The minimum absolute atomic E-state index is 0.0903. The van der Waals surface area contributed by atoms with Crippen LogP contribution < -0.4 is 9.47 Å². The molecule has 2 aromatic rings. The molecule has 9 nitrogen and oxygen atoms in total. The molecule has 0 saturated carbocycles. The van der Waals surface area contributed by atoms with Crippen molar-refractivity contribution in [3.63, 3.8) is 0 Å². The van der Waals surface area contributed by atoms with E-state index in [4.69, 9.17) is 9.47 Å². The molecule has 156 valence electrons. The van der Waals surface area contributed by atoms with Gasteiger partial charge in [-0.1, -0.05) is 0 Å². The molecule has 9 heteroatoms. The Balaban J connectivity index is 1.26. The number of carbonyl (C=O) groups excluding carboxylic acids is 3. The number of benzene rings is 1. The van der Waals surface area contributed by atoms with Crippen LogP contribution in [0.1, 0.15) is 33.7 Å². The first-order chi connectivity index (χ1) is 14.6. The lowest BCUT2D eigenvalue weighted by Gasteiger charge is -2.34. The lowest BCUT2D eigenvalue weighted by molar-refractivity contribution is -0.132. The average molecular weight is 410 g/mol. The Morgan fingerprint density at radius 1 is 0.900 bits per heavy atom. The summed E-state index contributed by atoms with van der Waals surface area (Å²) < 4.78 is 11.0. The topological polar surface area (TPSA) is 102 Å². The number of piperazine rings is 1. The van der Waals surface area contributed by atoms with Crippen LogP contribution in [-0.4, -0.2) is 76.8 Å². The number of ether oxygens (including phenoxy) is 2.